The van der Waals surface area contributed by atoms with E-state index in [1.165, 1.54) is 5.57 Å². The standard InChI is InChI=1S/C41H66N4O5/c1-23(2)25(5)36(7)16-17-38(9)27-12-13-30-37(8)21-49-26(6)41(30,28(27)14-15-39(38,10)31(36)35(47)48)20-29(45-19-18-44-34(45)33(42)46)32(37)50-22-40(11,43)24(3)4/h14,18-19,23-27,29-32H,12-13,15-17,20-22,43H2,1-11H3,(H2,42,46)(H,47,48)/t25-,26+,27+,29?,30+,31-,32+,36-,37-,38-,39+,40-,41+/m1/s1. The average Bonchev–Trinajstić information content (AvgIpc) is 3.53. The summed E-state index contributed by atoms with van der Waals surface area (Å²) in [6.07, 6.45) is 11.1. The first kappa shape index (κ1) is 37.5. The summed E-state index contributed by atoms with van der Waals surface area (Å²) in [4.78, 5) is 30.7. The number of imidazole rings is 1. The van der Waals surface area contributed by atoms with E-state index in [0.29, 0.717) is 19.1 Å². The van der Waals surface area contributed by atoms with Crippen molar-refractivity contribution in [1.29, 1.82) is 0 Å². The van der Waals surface area contributed by atoms with Gasteiger partial charge in [-0.1, -0.05) is 74.0 Å². The second-order valence-electron chi connectivity index (χ2n) is 19.4. The van der Waals surface area contributed by atoms with E-state index in [4.69, 9.17) is 20.9 Å². The third-order valence-corrected chi connectivity index (χ3v) is 16.7. The van der Waals surface area contributed by atoms with E-state index in [0.717, 1.165) is 38.5 Å². The largest absolute Gasteiger partial charge is 0.481 e. The Kier molecular flexibility index (Phi) is 9.12. The number of hydrogen-bond acceptors (Lipinski definition) is 6. The molecule has 1 amide bonds. The van der Waals surface area contributed by atoms with E-state index in [1.54, 1.807) is 6.20 Å². The molecule has 1 aliphatic heterocycles. The fourth-order valence-electron chi connectivity index (χ4n) is 12.7. The number of carboxylic acids is 1. The van der Waals surface area contributed by atoms with Gasteiger partial charge in [0.15, 0.2) is 5.82 Å². The van der Waals surface area contributed by atoms with Gasteiger partial charge in [-0.2, -0.15) is 0 Å². The highest BCUT2D eigenvalue weighted by Gasteiger charge is 2.73. The number of rotatable bonds is 9. The molecule has 280 valence electrons. The molecule has 0 spiro atoms. The van der Waals surface area contributed by atoms with Crippen LogP contribution in [0, 0.1) is 62.6 Å². The molecule has 2 heterocycles. The Morgan fingerprint density at radius 3 is 2.40 bits per heavy atom. The van der Waals surface area contributed by atoms with Gasteiger partial charge in [-0.15, -0.1) is 0 Å². The molecule has 0 aromatic carbocycles. The number of ether oxygens (including phenoxy) is 2. The first-order valence-corrected chi connectivity index (χ1v) is 19.4. The Balaban J connectivity index is 1.50. The molecule has 4 aliphatic carbocycles. The zero-order chi connectivity index (χ0) is 37.0. The minimum atomic E-state index is -0.649. The summed E-state index contributed by atoms with van der Waals surface area (Å²) in [5.74, 6) is 0.00332. The van der Waals surface area contributed by atoms with Gasteiger partial charge in [0.25, 0.3) is 5.91 Å². The molecule has 5 N–H and O–H groups in total. The van der Waals surface area contributed by atoms with Crippen LogP contribution in [0.1, 0.15) is 131 Å². The Morgan fingerprint density at radius 2 is 1.80 bits per heavy atom. The van der Waals surface area contributed by atoms with E-state index in [-0.39, 0.29) is 69.4 Å². The molecule has 13 atom stereocenters. The van der Waals surface area contributed by atoms with Crippen molar-refractivity contribution in [2.24, 2.45) is 74.0 Å². The summed E-state index contributed by atoms with van der Waals surface area (Å²) in [5.41, 5.74) is 12.1. The molecule has 6 rings (SSSR count). The van der Waals surface area contributed by atoms with Gasteiger partial charge in [0.1, 0.15) is 0 Å². The molecule has 5 aliphatic rings. The molecular formula is C41H66N4O5. The Morgan fingerprint density at radius 1 is 1.12 bits per heavy atom. The topological polar surface area (TPSA) is 143 Å². The monoisotopic (exact) mass is 695 g/mol. The van der Waals surface area contributed by atoms with Crippen LogP contribution in [0.3, 0.4) is 0 Å². The van der Waals surface area contributed by atoms with Gasteiger partial charge in [-0.3, -0.25) is 9.59 Å². The Labute approximate surface area is 300 Å². The zero-order valence-electron chi connectivity index (χ0n) is 32.7. The number of hydrogen-bond donors (Lipinski definition) is 3. The maximum atomic E-state index is 13.5. The Hall–Kier alpha value is -2.23. The van der Waals surface area contributed by atoms with Crippen LogP contribution in [0.4, 0.5) is 0 Å². The SMILES string of the molecule is CC(C)[C@@H](C)[C@@]1(C)CC[C@]2(C)[C@H]3CC[C@H]4[C@@]5(C)CO[C@@H](C)[C@@]4(CC(n4ccnc4C(N)=O)[C@@H]5OC[C@@](C)(N)C(C)C)C3=CC[C@@]2(C)[C@@H]1C(=O)O. The lowest BCUT2D eigenvalue weighted by atomic mass is 9.33. The number of nitrogens with two attached hydrogens (primary N) is 2. The third-order valence-electron chi connectivity index (χ3n) is 16.7. The van der Waals surface area contributed by atoms with Crippen LogP contribution >= 0.6 is 0 Å². The molecule has 9 heteroatoms. The second kappa shape index (κ2) is 12.2. The molecule has 1 saturated heterocycles. The molecule has 50 heavy (non-hydrogen) atoms. The molecule has 1 aromatic heterocycles. The van der Waals surface area contributed by atoms with Gasteiger partial charge >= 0.3 is 5.97 Å². The number of primary amides is 1. The predicted molar refractivity (Wildman–Crippen MR) is 195 cm³/mol. The number of nitrogens with zero attached hydrogens (tertiary/aromatic N) is 2. The average molecular weight is 695 g/mol. The lowest BCUT2D eigenvalue weighted by molar-refractivity contribution is -0.272. The first-order valence-electron chi connectivity index (χ1n) is 19.4. The second-order valence-corrected chi connectivity index (χ2v) is 19.4. The number of amides is 1. The molecule has 3 saturated carbocycles. The van der Waals surface area contributed by atoms with Crippen LogP contribution in [-0.4, -0.2) is 57.5 Å². The number of aromatic nitrogens is 2. The number of carbonyl (C=O) groups is 2. The molecule has 1 aromatic rings. The maximum absolute atomic E-state index is 13.5. The first-order chi connectivity index (χ1) is 23.1. The van der Waals surface area contributed by atoms with Crippen molar-refractivity contribution in [3.8, 4) is 0 Å². The zero-order valence-corrected chi connectivity index (χ0v) is 32.7. The minimum absolute atomic E-state index is 0.0629. The van der Waals surface area contributed by atoms with E-state index < -0.39 is 28.7 Å². The van der Waals surface area contributed by atoms with Gasteiger partial charge < -0.3 is 30.6 Å². The number of allylic oxidation sites excluding steroid dienone is 1. The van der Waals surface area contributed by atoms with Crippen LogP contribution in [0.2, 0.25) is 0 Å². The van der Waals surface area contributed by atoms with Crippen LogP contribution in [0.15, 0.2) is 24.0 Å². The number of aliphatic carboxylic acids is 1. The van der Waals surface area contributed by atoms with Crippen molar-refractivity contribution in [3.05, 3.63) is 29.9 Å². The summed E-state index contributed by atoms with van der Waals surface area (Å²) < 4.78 is 15.9. The summed E-state index contributed by atoms with van der Waals surface area (Å²) in [7, 11) is 0. The lowest BCUT2D eigenvalue weighted by Gasteiger charge is -2.72. The third kappa shape index (κ3) is 4.98. The molecule has 0 radical (unpaired) electrons. The van der Waals surface area contributed by atoms with Crippen molar-refractivity contribution in [3.63, 3.8) is 0 Å². The summed E-state index contributed by atoms with van der Waals surface area (Å²) in [5, 5.41) is 11.1. The molecule has 2 bridgehead atoms. The van der Waals surface area contributed by atoms with E-state index in [2.05, 4.69) is 80.3 Å². The smallest absolute Gasteiger partial charge is 0.307 e. The van der Waals surface area contributed by atoms with Gasteiger partial charge in [-0.05, 0) is 98.2 Å². The van der Waals surface area contributed by atoms with Crippen molar-refractivity contribution in [2.45, 2.75) is 138 Å². The van der Waals surface area contributed by atoms with Crippen molar-refractivity contribution < 1.29 is 24.2 Å². The fourth-order valence-corrected chi connectivity index (χ4v) is 12.7. The molecule has 9 nitrogen and oxygen atoms in total. The Bertz CT molecular complexity index is 1530. The molecular weight excluding hydrogens is 628 g/mol. The van der Waals surface area contributed by atoms with Gasteiger partial charge in [-0.25, -0.2) is 4.98 Å². The van der Waals surface area contributed by atoms with E-state index >= 15 is 0 Å². The van der Waals surface area contributed by atoms with Crippen LogP contribution in [0.5, 0.6) is 0 Å². The summed E-state index contributed by atoms with van der Waals surface area (Å²) in [6, 6.07) is -0.218. The highest BCUT2D eigenvalue weighted by molar-refractivity contribution is 5.89. The van der Waals surface area contributed by atoms with Crippen LogP contribution < -0.4 is 11.5 Å². The molecule has 1 unspecified atom stereocenters. The predicted octanol–water partition coefficient (Wildman–Crippen LogP) is 7.26. The number of carboxylic acid groups (broad SMARTS) is 1. The van der Waals surface area contributed by atoms with Crippen LogP contribution in [0.25, 0.3) is 0 Å². The minimum Gasteiger partial charge on any atom is -0.481 e. The highest BCUT2D eigenvalue weighted by atomic mass is 16.5. The highest BCUT2D eigenvalue weighted by Crippen LogP contribution is 2.76. The van der Waals surface area contributed by atoms with Crippen molar-refractivity contribution in [1.82, 2.24) is 9.55 Å². The normalized spacial score (nSPS) is 44.4. The summed E-state index contributed by atoms with van der Waals surface area (Å²) in [6.45, 7) is 25.5. The molecule has 4 fully saturated rings. The summed E-state index contributed by atoms with van der Waals surface area (Å²) >= 11 is 0. The van der Waals surface area contributed by atoms with Gasteiger partial charge in [0, 0.05) is 28.8 Å². The fraction of sp³-hybridized carbons (Fsp3) is 0.829. The van der Waals surface area contributed by atoms with Crippen molar-refractivity contribution in [2.75, 3.05) is 13.2 Å². The van der Waals surface area contributed by atoms with Gasteiger partial charge in [0.2, 0.25) is 0 Å². The number of fused-ring (bicyclic) bond motifs is 3. The number of carbonyl (C=O) groups excluding carboxylic acids is 1. The lowest BCUT2D eigenvalue weighted by Crippen LogP contribution is -2.71. The van der Waals surface area contributed by atoms with Crippen molar-refractivity contribution >= 4 is 11.9 Å². The van der Waals surface area contributed by atoms with E-state index in [9.17, 15) is 14.7 Å². The maximum Gasteiger partial charge on any atom is 0.307 e. The van der Waals surface area contributed by atoms with E-state index in [1.807, 2.05) is 17.7 Å². The quantitative estimate of drug-likeness (QED) is 0.231. The van der Waals surface area contributed by atoms with Crippen LogP contribution in [-0.2, 0) is 14.3 Å². The van der Waals surface area contributed by atoms with Gasteiger partial charge in [0.05, 0.1) is 37.4 Å².